The Bertz CT molecular complexity index is 1730. The maximum Gasteiger partial charge on any atom is 0.177 e. The summed E-state index contributed by atoms with van der Waals surface area (Å²) >= 11 is 0. The van der Waals surface area contributed by atoms with Crippen LogP contribution in [0.1, 0.15) is 83.4 Å². The monoisotopic (exact) mass is 554 g/mol. The van der Waals surface area contributed by atoms with Gasteiger partial charge in [0.05, 0.1) is 19.2 Å². The second-order valence-electron chi connectivity index (χ2n) is 11.2. The Morgan fingerprint density at radius 2 is 1.37 bits per heavy atom. The van der Waals surface area contributed by atoms with Gasteiger partial charge in [0.15, 0.2) is 22.3 Å². The molecule has 0 aliphatic heterocycles. The molecule has 0 bridgehead atoms. The van der Waals surface area contributed by atoms with Gasteiger partial charge in [-0.15, -0.1) is 0 Å². The molecule has 0 saturated heterocycles. The highest BCUT2D eigenvalue weighted by atomic mass is 15.1. The van der Waals surface area contributed by atoms with Crippen LogP contribution in [-0.4, -0.2) is 45.6 Å². The summed E-state index contributed by atoms with van der Waals surface area (Å²) in [4.78, 5) is 34.3. The SMILES string of the molecule is CCN=c1ncn(CC2CC2)c2nc(C(C)C)[nH]c12.CCn1cnc(=NCc2ccccc2)c2[nH]c(C(C)C)nc21. The van der Waals surface area contributed by atoms with Crippen LogP contribution in [0.4, 0.5) is 0 Å². The van der Waals surface area contributed by atoms with Gasteiger partial charge >= 0.3 is 0 Å². The summed E-state index contributed by atoms with van der Waals surface area (Å²) in [5.74, 6) is 3.53. The normalized spacial score (nSPS) is 14.4. The summed E-state index contributed by atoms with van der Waals surface area (Å²) in [5.41, 5.74) is 6.50. The number of hydrogen-bond acceptors (Lipinski definition) is 6. The van der Waals surface area contributed by atoms with Gasteiger partial charge in [0.2, 0.25) is 0 Å². The minimum atomic E-state index is 0.347. The molecule has 216 valence electrons. The van der Waals surface area contributed by atoms with Gasteiger partial charge in [-0.05, 0) is 38.2 Å². The van der Waals surface area contributed by atoms with Crippen molar-refractivity contribution in [3.8, 4) is 0 Å². The molecule has 1 saturated carbocycles. The zero-order valence-corrected chi connectivity index (χ0v) is 25.1. The van der Waals surface area contributed by atoms with E-state index in [9.17, 15) is 0 Å². The Morgan fingerprint density at radius 1 is 0.805 bits per heavy atom. The molecule has 0 atom stereocenters. The number of nitrogens with one attached hydrogen (secondary N) is 2. The lowest BCUT2D eigenvalue weighted by Crippen LogP contribution is -2.15. The summed E-state index contributed by atoms with van der Waals surface area (Å²) < 4.78 is 4.21. The minimum absolute atomic E-state index is 0.347. The first-order chi connectivity index (χ1) is 19.9. The molecule has 1 aromatic carbocycles. The van der Waals surface area contributed by atoms with E-state index in [1.54, 1.807) is 0 Å². The van der Waals surface area contributed by atoms with E-state index >= 15 is 0 Å². The Balaban J connectivity index is 0.000000166. The van der Waals surface area contributed by atoms with Crippen LogP contribution in [0.5, 0.6) is 0 Å². The van der Waals surface area contributed by atoms with Gasteiger partial charge in [-0.1, -0.05) is 58.0 Å². The van der Waals surface area contributed by atoms with Gasteiger partial charge in [0, 0.05) is 31.5 Å². The van der Waals surface area contributed by atoms with Gasteiger partial charge in [0.1, 0.15) is 22.7 Å². The third kappa shape index (κ3) is 6.64. The van der Waals surface area contributed by atoms with E-state index < -0.39 is 0 Å². The second kappa shape index (κ2) is 12.6. The molecule has 0 amide bonds. The number of nitrogens with zero attached hydrogens (tertiary/aromatic N) is 8. The first-order valence-corrected chi connectivity index (χ1v) is 14.8. The maximum absolute atomic E-state index is 4.74. The fourth-order valence-corrected chi connectivity index (χ4v) is 4.61. The summed E-state index contributed by atoms with van der Waals surface area (Å²) in [6.45, 7) is 15.9. The third-order valence-corrected chi connectivity index (χ3v) is 7.18. The Labute approximate surface area is 240 Å². The Kier molecular flexibility index (Phi) is 8.75. The average Bonchev–Trinajstić information content (AvgIpc) is 3.47. The number of aromatic amines is 2. The molecular formula is C31H42N10. The number of benzene rings is 1. The number of imidazole rings is 2. The van der Waals surface area contributed by atoms with E-state index in [1.165, 1.54) is 18.4 Å². The van der Waals surface area contributed by atoms with E-state index in [0.717, 1.165) is 70.5 Å². The van der Waals surface area contributed by atoms with Crippen molar-refractivity contribution < 1.29 is 0 Å². The zero-order valence-electron chi connectivity index (χ0n) is 25.1. The molecule has 0 radical (unpaired) electrons. The zero-order chi connectivity index (χ0) is 28.9. The molecule has 4 aromatic heterocycles. The summed E-state index contributed by atoms with van der Waals surface area (Å²) in [6.07, 6.45) is 6.37. The van der Waals surface area contributed by atoms with Gasteiger partial charge in [-0.2, -0.15) is 0 Å². The fourth-order valence-electron chi connectivity index (χ4n) is 4.61. The van der Waals surface area contributed by atoms with Gasteiger partial charge in [-0.25, -0.2) is 19.9 Å². The molecule has 0 unspecified atom stereocenters. The van der Waals surface area contributed by atoms with Crippen LogP contribution in [0.15, 0.2) is 53.0 Å². The smallest absolute Gasteiger partial charge is 0.177 e. The summed E-state index contributed by atoms with van der Waals surface area (Å²) in [7, 11) is 0. The highest BCUT2D eigenvalue weighted by Gasteiger charge is 2.23. The quantitative estimate of drug-likeness (QED) is 0.273. The van der Waals surface area contributed by atoms with Crippen molar-refractivity contribution in [2.45, 2.75) is 85.9 Å². The van der Waals surface area contributed by atoms with Crippen molar-refractivity contribution >= 4 is 22.3 Å². The van der Waals surface area contributed by atoms with E-state index in [4.69, 9.17) is 9.97 Å². The molecule has 1 aliphatic rings. The second-order valence-corrected chi connectivity index (χ2v) is 11.2. The van der Waals surface area contributed by atoms with Crippen molar-refractivity contribution in [2.24, 2.45) is 15.9 Å². The number of rotatable bonds is 8. The average molecular weight is 555 g/mol. The number of hydrogen-bond donors (Lipinski definition) is 2. The highest BCUT2D eigenvalue weighted by Crippen LogP contribution is 2.31. The Morgan fingerprint density at radius 3 is 1.90 bits per heavy atom. The van der Waals surface area contributed by atoms with Crippen molar-refractivity contribution in [3.05, 3.63) is 71.2 Å². The van der Waals surface area contributed by atoms with Crippen molar-refractivity contribution in [1.29, 1.82) is 0 Å². The van der Waals surface area contributed by atoms with Crippen LogP contribution in [-0.2, 0) is 19.6 Å². The van der Waals surface area contributed by atoms with Crippen LogP contribution in [0.2, 0.25) is 0 Å². The molecule has 1 fully saturated rings. The standard InChI is InChI=1S/C17H21N5.C14H21N5/c1-4-22-11-19-16(18-10-13-8-6-5-7-9-13)14-17(22)21-15(20-14)12(2)3;1-4-15-13-11-14(18-12(17-11)9(2)3)19(8-16-13)7-10-5-6-10/h5-9,11-12H,4,10H2,1-3H3,(H,20,21);8-10H,4-7H2,1-3H3,(H,17,18). The molecule has 1 aliphatic carbocycles. The van der Waals surface area contributed by atoms with Crippen molar-refractivity contribution in [1.82, 2.24) is 39.0 Å². The van der Waals surface area contributed by atoms with Crippen molar-refractivity contribution in [2.75, 3.05) is 6.54 Å². The van der Waals surface area contributed by atoms with Crippen molar-refractivity contribution in [3.63, 3.8) is 0 Å². The number of aryl methyl sites for hydroxylation is 1. The number of H-pyrrole nitrogens is 2. The molecule has 10 heteroatoms. The topological polar surface area (TPSA) is 118 Å². The molecule has 10 nitrogen and oxygen atoms in total. The van der Waals surface area contributed by atoms with E-state index in [1.807, 2.05) is 42.3 Å². The third-order valence-electron chi connectivity index (χ3n) is 7.18. The number of fused-ring (bicyclic) bond motifs is 2. The minimum Gasteiger partial charge on any atom is -0.337 e. The molecule has 4 heterocycles. The fraction of sp³-hybridized carbons (Fsp3) is 0.484. The van der Waals surface area contributed by atoms with Gasteiger partial charge < -0.3 is 19.1 Å². The predicted molar refractivity (Wildman–Crippen MR) is 162 cm³/mol. The molecule has 5 aromatic rings. The van der Waals surface area contributed by atoms with Gasteiger partial charge in [0.25, 0.3) is 0 Å². The Hall–Kier alpha value is -4.08. The maximum atomic E-state index is 4.74. The van der Waals surface area contributed by atoms with E-state index in [0.29, 0.717) is 18.4 Å². The number of aromatic nitrogens is 8. The molecule has 6 rings (SSSR count). The lowest BCUT2D eigenvalue weighted by atomic mass is 10.2. The first-order valence-electron chi connectivity index (χ1n) is 14.8. The van der Waals surface area contributed by atoms with Crippen LogP contribution in [0.3, 0.4) is 0 Å². The predicted octanol–water partition coefficient (Wildman–Crippen LogP) is 5.22. The van der Waals surface area contributed by atoms with Crippen LogP contribution in [0, 0.1) is 5.92 Å². The van der Waals surface area contributed by atoms with Crippen LogP contribution < -0.4 is 11.0 Å². The van der Waals surface area contributed by atoms with Gasteiger partial charge in [-0.3, -0.25) is 9.98 Å². The van der Waals surface area contributed by atoms with Crippen LogP contribution >= 0.6 is 0 Å². The van der Waals surface area contributed by atoms with Crippen LogP contribution in [0.25, 0.3) is 22.3 Å². The van der Waals surface area contributed by atoms with E-state index in [2.05, 4.69) is 81.2 Å². The lowest BCUT2D eigenvalue weighted by Gasteiger charge is -2.05. The molecule has 0 spiro atoms. The highest BCUT2D eigenvalue weighted by molar-refractivity contribution is 5.70. The molecule has 41 heavy (non-hydrogen) atoms. The molecular weight excluding hydrogens is 512 g/mol. The van der Waals surface area contributed by atoms with E-state index in [-0.39, 0.29) is 0 Å². The lowest BCUT2D eigenvalue weighted by molar-refractivity contribution is 0.626. The molecule has 2 N–H and O–H groups in total. The summed E-state index contributed by atoms with van der Waals surface area (Å²) in [5, 5.41) is 0. The summed E-state index contributed by atoms with van der Waals surface area (Å²) in [6, 6.07) is 10.2. The first kappa shape index (κ1) is 28.4. The largest absolute Gasteiger partial charge is 0.337 e.